The Morgan fingerprint density at radius 2 is 1.76 bits per heavy atom. The Bertz CT molecular complexity index is 1370. The number of ether oxygens (including phenoxy) is 2. The van der Waals surface area contributed by atoms with Crippen LogP contribution < -0.4 is 0 Å². The highest BCUT2D eigenvalue weighted by Crippen LogP contribution is 2.59. The highest BCUT2D eigenvalue weighted by Gasteiger charge is 2.75. The third-order valence-electron chi connectivity index (χ3n) is 9.94. The van der Waals surface area contributed by atoms with Gasteiger partial charge in [-0.2, -0.15) is 0 Å². The molecule has 45 heavy (non-hydrogen) atoms. The number of rotatable bonds is 6. The van der Waals surface area contributed by atoms with Gasteiger partial charge in [-0.1, -0.05) is 71.8 Å². The predicted molar refractivity (Wildman–Crippen MR) is 171 cm³/mol. The van der Waals surface area contributed by atoms with Gasteiger partial charge in [0.15, 0.2) is 0 Å². The van der Waals surface area contributed by atoms with Gasteiger partial charge in [0.2, 0.25) is 17.7 Å². The fourth-order valence-corrected chi connectivity index (χ4v) is 8.13. The normalized spacial score (nSPS) is 34.5. The van der Waals surface area contributed by atoms with Gasteiger partial charge in [-0.3, -0.25) is 19.2 Å². The first-order valence-corrected chi connectivity index (χ1v) is 16.7. The van der Waals surface area contributed by atoms with E-state index >= 15 is 0 Å². The second-order valence-corrected chi connectivity index (χ2v) is 13.7. The van der Waals surface area contributed by atoms with Gasteiger partial charge < -0.3 is 29.3 Å². The second kappa shape index (κ2) is 13.4. The fourth-order valence-electron chi connectivity index (χ4n) is 7.40. The molecule has 4 aliphatic heterocycles. The summed E-state index contributed by atoms with van der Waals surface area (Å²) in [6.45, 7) is 7.48. The number of aliphatic hydroxyl groups is 1. The Hall–Kier alpha value is -3.02. The molecule has 0 saturated carbocycles. The van der Waals surface area contributed by atoms with Gasteiger partial charge in [0.1, 0.15) is 29.8 Å². The van der Waals surface area contributed by atoms with Gasteiger partial charge >= 0.3 is 5.97 Å². The number of aliphatic hydroxyl groups excluding tert-OH is 1. The molecule has 11 heteroatoms. The van der Waals surface area contributed by atoms with Crippen LogP contribution in [-0.2, 0) is 28.7 Å². The molecule has 2 fully saturated rings. The number of likely N-dealkylation sites (tertiary alicyclic amines) is 1. The molecule has 2 saturated heterocycles. The second-order valence-electron chi connectivity index (χ2n) is 12.8. The van der Waals surface area contributed by atoms with E-state index in [0.29, 0.717) is 16.5 Å². The number of cyclic esters (lactones) is 1. The monoisotopic (exact) mass is 685 g/mol. The van der Waals surface area contributed by atoms with Crippen LogP contribution in [0.2, 0.25) is 0 Å². The van der Waals surface area contributed by atoms with Crippen LogP contribution in [0.4, 0.5) is 0 Å². The molecule has 3 amide bonds. The molecule has 5 bridgehead atoms. The first-order chi connectivity index (χ1) is 21.5. The number of carbonyl (C=O) groups excluding carboxylic acids is 4. The molecule has 9 atom stereocenters. The predicted octanol–water partition coefficient (Wildman–Crippen LogP) is 3.74. The number of nitrogens with zero attached hydrogens (tertiary/aromatic N) is 3. The van der Waals surface area contributed by atoms with Gasteiger partial charge in [-0.15, -0.1) is 0 Å². The Kier molecular flexibility index (Phi) is 9.91. The van der Waals surface area contributed by atoms with Crippen molar-refractivity contribution in [1.29, 1.82) is 0 Å². The third-order valence-corrected chi connectivity index (χ3v) is 10.6. The Morgan fingerprint density at radius 1 is 1.04 bits per heavy atom. The van der Waals surface area contributed by atoms with Gasteiger partial charge in [0, 0.05) is 30.5 Å². The summed E-state index contributed by atoms with van der Waals surface area (Å²) < 4.78 is 13.4. The van der Waals surface area contributed by atoms with Crippen molar-refractivity contribution in [2.45, 2.75) is 95.4 Å². The minimum absolute atomic E-state index is 0.100. The largest absolute Gasteiger partial charge is 0.455 e. The van der Waals surface area contributed by atoms with E-state index in [4.69, 9.17) is 9.47 Å². The van der Waals surface area contributed by atoms with Gasteiger partial charge in [-0.05, 0) is 45.3 Å². The molecule has 4 aliphatic rings. The van der Waals surface area contributed by atoms with Gasteiger partial charge in [-0.25, -0.2) is 0 Å². The molecule has 1 aromatic carbocycles. The molecule has 0 radical (unpaired) electrons. The summed E-state index contributed by atoms with van der Waals surface area (Å²) in [6.07, 6.45) is 6.25. The number of hydrogen-bond acceptors (Lipinski definition) is 7. The third kappa shape index (κ3) is 5.76. The zero-order valence-electron chi connectivity index (χ0n) is 26.6. The maximum atomic E-state index is 14.7. The summed E-state index contributed by atoms with van der Waals surface area (Å²) in [6, 6.07) is 6.79. The molecule has 1 N–H and O–H groups in total. The van der Waals surface area contributed by atoms with Crippen molar-refractivity contribution in [2.24, 2.45) is 11.8 Å². The van der Waals surface area contributed by atoms with Crippen LogP contribution in [0, 0.1) is 11.8 Å². The van der Waals surface area contributed by atoms with E-state index in [1.54, 1.807) is 29.8 Å². The van der Waals surface area contributed by atoms with Crippen LogP contribution in [0.15, 0.2) is 53.0 Å². The molecule has 5 rings (SSSR count). The van der Waals surface area contributed by atoms with E-state index in [2.05, 4.69) is 15.9 Å². The standard InChI is InChI=1S/C34H44BrN3O7/c1-6-13-20(2)37-17-12-8-11-16-25(40)36(5)22(4)28(23-14-9-7-10-15-23)44-33(43)26-27-31(41)38(21(3)19-39)30(32(37)42)34(27)18-24(35)29(26)45-34/h7-10,12,14-15,18,20-22,26-30,39H,6,11,13,16-17,19H2,1-5H3/b12-8-/t20?,21-,22+,26-,27+,28-,29-,30-,34+/m1/s1. The number of fused-ring (bicyclic) bond motifs is 2. The zero-order valence-corrected chi connectivity index (χ0v) is 28.2. The van der Waals surface area contributed by atoms with Crippen molar-refractivity contribution in [2.75, 3.05) is 20.2 Å². The number of carbonyl (C=O) groups is 4. The molecule has 0 aromatic heterocycles. The van der Waals surface area contributed by atoms with Crippen molar-refractivity contribution < 1.29 is 33.8 Å². The molecule has 10 nitrogen and oxygen atoms in total. The van der Waals surface area contributed by atoms with Crippen molar-refractivity contribution in [3.63, 3.8) is 0 Å². The summed E-state index contributed by atoms with van der Waals surface area (Å²) in [4.78, 5) is 61.4. The summed E-state index contributed by atoms with van der Waals surface area (Å²) in [5.74, 6) is -3.54. The van der Waals surface area contributed by atoms with E-state index in [1.807, 2.05) is 63.3 Å². The van der Waals surface area contributed by atoms with E-state index < -0.39 is 59.6 Å². The number of halogens is 1. The minimum Gasteiger partial charge on any atom is -0.455 e. The van der Waals surface area contributed by atoms with Crippen LogP contribution in [0.1, 0.15) is 65.0 Å². The lowest BCUT2D eigenvalue weighted by molar-refractivity contribution is -0.164. The summed E-state index contributed by atoms with van der Waals surface area (Å²) in [5, 5.41) is 10.2. The van der Waals surface area contributed by atoms with E-state index in [0.717, 1.165) is 12.8 Å². The van der Waals surface area contributed by atoms with Crippen molar-refractivity contribution in [1.82, 2.24) is 14.7 Å². The number of allylic oxidation sites excluding steroid dienone is 1. The van der Waals surface area contributed by atoms with Gasteiger partial charge in [0.25, 0.3) is 0 Å². The summed E-state index contributed by atoms with van der Waals surface area (Å²) >= 11 is 3.59. The Morgan fingerprint density at radius 3 is 2.42 bits per heavy atom. The smallest absolute Gasteiger partial charge is 0.313 e. The highest BCUT2D eigenvalue weighted by atomic mass is 79.9. The maximum Gasteiger partial charge on any atom is 0.313 e. The van der Waals surface area contributed by atoms with Crippen molar-refractivity contribution >= 4 is 39.6 Å². The summed E-state index contributed by atoms with van der Waals surface area (Å²) in [5.41, 5.74) is -0.709. The van der Waals surface area contributed by atoms with Crippen LogP contribution in [0.5, 0.6) is 0 Å². The van der Waals surface area contributed by atoms with E-state index in [-0.39, 0.29) is 37.4 Å². The first-order valence-electron chi connectivity index (χ1n) is 15.9. The lowest BCUT2D eigenvalue weighted by atomic mass is 9.74. The molecule has 1 spiro atoms. The number of likely N-dealkylation sites (N-methyl/N-ethyl adjacent to an activating group) is 1. The molecule has 4 heterocycles. The summed E-state index contributed by atoms with van der Waals surface area (Å²) in [7, 11) is 1.70. The van der Waals surface area contributed by atoms with E-state index in [1.165, 1.54) is 4.90 Å². The molecule has 1 aromatic rings. The molecule has 0 aliphatic carbocycles. The molecule has 1 unspecified atom stereocenters. The molecular formula is C34H44BrN3O7. The maximum absolute atomic E-state index is 14.7. The average molecular weight is 687 g/mol. The van der Waals surface area contributed by atoms with Crippen LogP contribution >= 0.6 is 15.9 Å². The fraction of sp³-hybridized carbons (Fsp3) is 0.588. The molecule has 244 valence electrons. The van der Waals surface area contributed by atoms with Crippen molar-refractivity contribution in [3.8, 4) is 0 Å². The quantitative estimate of drug-likeness (QED) is 0.358. The average Bonchev–Trinajstić information content (AvgIpc) is 3.63. The number of esters is 1. The van der Waals surface area contributed by atoms with Crippen LogP contribution in [-0.4, -0.2) is 99.6 Å². The lowest BCUT2D eigenvalue weighted by Crippen LogP contribution is -2.59. The Labute approximate surface area is 273 Å². The SMILES string of the molecule is CCCC(C)N1C/C=C\CCC(=O)N(C)[C@@H](C)[C@H](c2ccccc2)OC(=O)[C@H]2[C@@H]3O[C@@]4(C=C3Br)[C@@H]2C(=O)N([C@H](C)CO)[C@@H]4C1=O. The number of benzene rings is 1. The minimum atomic E-state index is -1.42. The highest BCUT2D eigenvalue weighted by molar-refractivity contribution is 9.11. The van der Waals surface area contributed by atoms with Crippen molar-refractivity contribution in [3.05, 3.63) is 58.6 Å². The number of amides is 3. The molecular weight excluding hydrogens is 642 g/mol. The Balaban J connectivity index is 1.64. The zero-order chi connectivity index (χ0) is 32.6. The van der Waals surface area contributed by atoms with Gasteiger partial charge in [0.05, 0.1) is 24.6 Å². The lowest BCUT2D eigenvalue weighted by Gasteiger charge is -2.39. The van der Waals surface area contributed by atoms with E-state index in [9.17, 15) is 24.3 Å². The first kappa shape index (κ1) is 33.3. The number of hydrogen-bond donors (Lipinski definition) is 1. The van der Waals surface area contributed by atoms with Crippen LogP contribution in [0.25, 0.3) is 0 Å². The topological polar surface area (TPSA) is 117 Å². The van der Waals surface area contributed by atoms with Crippen LogP contribution in [0.3, 0.4) is 0 Å².